The van der Waals surface area contributed by atoms with Gasteiger partial charge in [0, 0.05) is 18.6 Å². The zero-order chi connectivity index (χ0) is 13.9. The Morgan fingerprint density at radius 2 is 1.95 bits per heavy atom. The minimum absolute atomic E-state index is 0.00712. The number of aliphatic hydroxyl groups excluding tert-OH is 1. The number of fused-ring (bicyclic) bond motifs is 1. The Morgan fingerprint density at radius 1 is 1.15 bits per heavy atom. The molecule has 102 valence electrons. The summed E-state index contributed by atoms with van der Waals surface area (Å²) in [6.45, 7) is 0.0688. The van der Waals surface area contributed by atoms with Gasteiger partial charge >= 0.3 is 5.97 Å². The fourth-order valence-electron chi connectivity index (χ4n) is 2.70. The molecule has 0 aromatic heterocycles. The first-order chi connectivity index (χ1) is 9.78. The van der Waals surface area contributed by atoms with E-state index in [1.165, 1.54) is 11.5 Å². The predicted octanol–water partition coefficient (Wildman–Crippen LogP) is 2.79. The lowest BCUT2D eigenvalue weighted by molar-refractivity contribution is -0.139. The standard InChI is InChI=1S/C17H16O3/c18-10-9-15(16-7-8-17(19)20-16)14-6-5-12-3-1-2-4-13(12)11-14/h1-8,11,15-16,18H,9-10H2/t15-,16-/m0/s1. The van der Waals surface area contributed by atoms with E-state index in [1.54, 1.807) is 6.08 Å². The molecule has 1 aliphatic rings. The number of rotatable bonds is 4. The van der Waals surface area contributed by atoms with E-state index in [0.29, 0.717) is 6.42 Å². The number of benzene rings is 2. The van der Waals surface area contributed by atoms with Gasteiger partial charge in [-0.15, -0.1) is 0 Å². The Labute approximate surface area is 117 Å². The highest BCUT2D eigenvalue weighted by molar-refractivity contribution is 5.85. The number of aliphatic hydroxyl groups is 1. The van der Waals surface area contributed by atoms with E-state index in [9.17, 15) is 9.90 Å². The van der Waals surface area contributed by atoms with Gasteiger partial charge in [0.05, 0.1) is 0 Å². The molecular formula is C17H16O3. The second-order valence-corrected chi connectivity index (χ2v) is 4.99. The van der Waals surface area contributed by atoms with Crippen LogP contribution in [0.15, 0.2) is 54.6 Å². The Kier molecular flexibility index (Phi) is 3.52. The van der Waals surface area contributed by atoms with Gasteiger partial charge in [-0.05, 0) is 28.8 Å². The summed E-state index contributed by atoms with van der Waals surface area (Å²) in [7, 11) is 0. The molecule has 0 saturated carbocycles. The molecule has 0 bridgehead atoms. The van der Waals surface area contributed by atoms with Crippen molar-refractivity contribution in [3.63, 3.8) is 0 Å². The van der Waals surface area contributed by atoms with Crippen molar-refractivity contribution < 1.29 is 14.6 Å². The molecule has 1 N–H and O–H groups in total. The highest BCUT2D eigenvalue weighted by Gasteiger charge is 2.27. The number of hydrogen-bond donors (Lipinski definition) is 1. The molecule has 3 nitrogen and oxygen atoms in total. The molecule has 0 radical (unpaired) electrons. The Hall–Kier alpha value is -2.13. The SMILES string of the molecule is O=C1C=C[C@@H]([C@@H](CCO)c2ccc3ccccc3c2)O1. The molecule has 0 saturated heterocycles. The first-order valence-corrected chi connectivity index (χ1v) is 6.76. The fraction of sp³-hybridized carbons (Fsp3) is 0.235. The topological polar surface area (TPSA) is 46.5 Å². The van der Waals surface area contributed by atoms with Crippen molar-refractivity contribution in [2.75, 3.05) is 6.61 Å². The maximum absolute atomic E-state index is 11.2. The molecule has 0 amide bonds. The summed E-state index contributed by atoms with van der Waals surface area (Å²) in [6, 6.07) is 14.4. The summed E-state index contributed by atoms with van der Waals surface area (Å²) in [4.78, 5) is 11.2. The van der Waals surface area contributed by atoms with Crippen LogP contribution in [0.1, 0.15) is 17.9 Å². The molecule has 1 heterocycles. The maximum Gasteiger partial charge on any atom is 0.331 e. The molecule has 3 heteroatoms. The van der Waals surface area contributed by atoms with E-state index >= 15 is 0 Å². The predicted molar refractivity (Wildman–Crippen MR) is 77.4 cm³/mol. The summed E-state index contributed by atoms with van der Waals surface area (Å²) in [5.74, 6) is -0.314. The van der Waals surface area contributed by atoms with E-state index < -0.39 is 0 Å². The summed E-state index contributed by atoms with van der Waals surface area (Å²) < 4.78 is 5.28. The first kappa shape index (κ1) is 12.9. The molecule has 3 rings (SSSR count). The van der Waals surface area contributed by atoms with Gasteiger partial charge in [0.15, 0.2) is 0 Å². The molecule has 0 unspecified atom stereocenters. The monoisotopic (exact) mass is 268 g/mol. The maximum atomic E-state index is 11.2. The van der Waals surface area contributed by atoms with Crippen LogP contribution in [-0.2, 0) is 9.53 Å². The fourth-order valence-corrected chi connectivity index (χ4v) is 2.70. The Morgan fingerprint density at radius 3 is 2.65 bits per heavy atom. The third-order valence-corrected chi connectivity index (χ3v) is 3.71. The van der Waals surface area contributed by atoms with Crippen LogP contribution in [0.3, 0.4) is 0 Å². The van der Waals surface area contributed by atoms with Crippen molar-refractivity contribution in [2.24, 2.45) is 0 Å². The number of carbonyl (C=O) groups is 1. The number of cyclic esters (lactones) is 1. The molecule has 0 spiro atoms. The second kappa shape index (κ2) is 5.47. The number of esters is 1. The summed E-state index contributed by atoms with van der Waals surface area (Å²) in [5, 5.41) is 11.6. The van der Waals surface area contributed by atoms with Gasteiger partial charge in [0.2, 0.25) is 0 Å². The van der Waals surface area contributed by atoms with Gasteiger partial charge in [-0.2, -0.15) is 0 Å². The third-order valence-electron chi connectivity index (χ3n) is 3.71. The Balaban J connectivity index is 1.96. The molecular weight excluding hydrogens is 252 g/mol. The molecule has 20 heavy (non-hydrogen) atoms. The van der Waals surface area contributed by atoms with Gasteiger partial charge < -0.3 is 9.84 Å². The van der Waals surface area contributed by atoms with Crippen LogP contribution in [0.4, 0.5) is 0 Å². The first-order valence-electron chi connectivity index (χ1n) is 6.76. The average molecular weight is 268 g/mol. The normalized spacial score (nSPS) is 19.2. The van der Waals surface area contributed by atoms with E-state index in [4.69, 9.17) is 4.74 Å². The molecule has 0 aliphatic carbocycles. The van der Waals surface area contributed by atoms with Crippen LogP contribution in [0.5, 0.6) is 0 Å². The summed E-state index contributed by atoms with van der Waals surface area (Å²) in [5.41, 5.74) is 1.09. The van der Waals surface area contributed by atoms with Crippen molar-refractivity contribution in [2.45, 2.75) is 18.4 Å². The van der Waals surface area contributed by atoms with Gasteiger partial charge in [0.25, 0.3) is 0 Å². The van der Waals surface area contributed by atoms with Crippen molar-refractivity contribution >= 4 is 16.7 Å². The summed E-state index contributed by atoms with van der Waals surface area (Å²) >= 11 is 0. The van der Waals surface area contributed by atoms with Gasteiger partial charge in [0.1, 0.15) is 6.10 Å². The van der Waals surface area contributed by atoms with Crippen molar-refractivity contribution in [1.82, 2.24) is 0 Å². The van der Waals surface area contributed by atoms with Gasteiger partial charge in [-0.1, -0.05) is 42.5 Å². The Bertz CT molecular complexity index is 660. The molecule has 0 fully saturated rings. The smallest absolute Gasteiger partial charge is 0.331 e. The van der Waals surface area contributed by atoms with E-state index in [-0.39, 0.29) is 24.6 Å². The third kappa shape index (κ3) is 2.45. The zero-order valence-electron chi connectivity index (χ0n) is 11.0. The van der Waals surface area contributed by atoms with Crippen LogP contribution >= 0.6 is 0 Å². The number of ether oxygens (including phenoxy) is 1. The van der Waals surface area contributed by atoms with E-state index in [1.807, 2.05) is 18.2 Å². The highest BCUT2D eigenvalue weighted by atomic mass is 16.5. The average Bonchev–Trinajstić information content (AvgIpc) is 2.90. The van der Waals surface area contributed by atoms with Gasteiger partial charge in [-0.25, -0.2) is 4.79 Å². The molecule has 2 aromatic rings. The molecule has 1 aliphatic heterocycles. The van der Waals surface area contributed by atoms with Crippen molar-refractivity contribution in [3.05, 3.63) is 60.2 Å². The number of hydrogen-bond acceptors (Lipinski definition) is 3. The minimum Gasteiger partial charge on any atom is -0.454 e. The zero-order valence-corrected chi connectivity index (χ0v) is 11.0. The van der Waals surface area contributed by atoms with E-state index in [0.717, 1.165) is 10.9 Å². The van der Waals surface area contributed by atoms with Crippen molar-refractivity contribution in [1.29, 1.82) is 0 Å². The highest BCUT2D eigenvalue weighted by Crippen LogP contribution is 2.30. The molecule has 2 atom stereocenters. The van der Waals surface area contributed by atoms with Crippen LogP contribution < -0.4 is 0 Å². The summed E-state index contributed by atoms with van der Waals surface area (Å²) in [6.07, 6.45) is 3.52. The minimum atomic E-state index is -0.307. The lowest BCUT2D eigenvalue weighted by Crippen LogP contribution is -2.19. The van der Waals surface area contributed by atoms with E-state index in [2.05, 4.69) is 24.3 Å². The second-order valence-electron chi connectivity index (χ2n) is 4.99. The lowest BCUT2D eigenvalue weighted by atomic mass is 9.89. The van der Waals surface area contributed by atoms with Crippen LogP contribution in [-0.4, -0.2) is 23.8 Å². The van der Waals surface area contributed by atoms with Crippen LogP contribution in [0, 0.1) is 0 Å². The van der Waals surface area contributed by atoms with Crippen LogP contribution in [0.25, 0.3) is 10.8 Å². The van der Waals surface area contributed by atoms with Crippen LogP contribution in [0.2, 0.25) is 0 Å². The lowest BCUT2D eigenvalue weighted by Gasteiger charge is -2.22. The van der Waals surface area contributed by atoms with Crippen molar-refractivity contribution in [3.8, 4) is 0 Å². The quantitative estimate of drug-likeness (QED) is 0.867. The van der Waals surface area contributed by atoms with Gasteiger partial charge in [-0.3, -0.25) is 0 Å². The largest absolute Gasteiger partial charge is 0.454 e. The molecule has 2 aromatic carbocycles. The number of carbonyl (C=O) groups excluding carboxylic acids is 1.